The van der Waals surface area contributed by atoms with Crippen molar-refractivity contribution in [3.63, 3.8) is 0 Å². The zero-order valence-electron chi connectivity index (χ0n) is 16.1. The molecule has 1 atom stereocenters. The van der Waals surface area contributed by atoms with Gasteiger partial charge in [-0.05, 0) is 43.0 Å². The van der Waals surface area contributed by atoms with Crippen LogP contribution >= 0.6 is 0 Å². The molecule has 1 heterocycles. The summed E-state index contributed by atoms with van der Waals surface area (Å²) in [5, 5.41) is 0. The van der Waals surface area contributed by atoms with Gasteiger partial charge in [0, 0.05) is 13.1 Å². The summed E-state index contributed by atoms with van der Waals surface area (Å²) in [6.45, 7) is 4.93. The summed E-state index contributed by atoms with van der Waals surface area (Å²) in [4.78, 5) is 15.1. The van der Waals surface area contributed by atoms with Gasteiger partial charge in [0.05, 0.1) is 11.9 Å². The number of benzene rings is 2. The second kappa shape index (κ2) is 7.72. The SMILES string of the molecule is CC[C@@H](C(=O)N1CCc2ccccc2C1)N(c1ccc(C)cc1)S(C)(=O)=O. The highest BCUT2D eigenvalue weighted by atomic mass is 32.2. The third kappa shape index (κ3) is 4.16. The van der Waals surface area contributed by atoms with Gasteiger partial charge in [-0.15, -0.1) is 0 Å². The number of amides is 1. The van der Waals surface area contributed by atoms with Crippen LogP contribution in [0.15, 0.2) is 48.5 Å². The Morgan fingerprint density at radius 3 is 2.33 bits per heavy atom. The van der Waals surface area contributed by atoms with Gasteiger partial charge in [0.25, 0.3) is 0 Å². The van der Waals surface area contributed by atoms with Crippen LogP contribution in [0.2, 0.25) is 0 Å². The summed E-state index contributed by atoms with van der Waals surface area (Å²) < 4.78 is 26.4. The second-order valence-corrected chi connectivity index (χ2v) is 8.96. The maximum atomic E-state index is 13.3. The number of carbonyl (C=O) groups excluding carboxylic acids is 1. The van der Waals surface area contributed by atoms with Crippen molar-refractivity contribution in [3.8, 4) is 0 Å². The first-order chi connectivity index (χ1) is 12.8. The van der Waals surface area contributed by atoms with E-state index in [1.165, 1.54) is 9.87 Å². The van der Waals surface area contributed by atoms with Crippen molar-refractivity contribution in [3.05, 3.63) is 65.2 Å². The zero-order valence-corrected chi connectivity index (χ0v) is 16.9. The van der Waals surface area contributed by atoms with Crippen LogP contribution in [0.5, 0.6) is 0 Å². The fraction of sp³-hybridized carbons (Fsp3) is 0.381. The molecule has 27 heavy (non-hydrogen) atoms. The molecule has 144 valence electrons. The highest BCUT2D eigenvalue weighted by Crippen LogP contribution is 2.26. The van der Waals surface area contributed by atoms with Crippen LogP contribution in [0.4, 0.5) is 5.69 Å². The number of fused-ring (bicyclic) bond motifs is 1. The van der Waals surface area contributed by atoms with Gasteiger partial charge in [0.15, 0.2) is 0 Å². The lowest BCUT2D eigenvalue weighted by molar-refractivity contribution is -0.133. The van der Waals surface area contributed by atoms with E-state index in [0.29, 0.717) is 25.2 Å². The first kappa shape index (κ1) is 19.4. The number of anilines is 1. The van der Waals surface area contributed by atoms with Crippen molar-refractivity contribution >= 4 is 21.6 Å². The second-order valence-electron chi connectivity index (χ2n) is 7.10. The number of carbonyl (C=O) groups is 1. The molecule has 0 fully saturated rings. The molecule has 0 bridgehead atoms. The van der Waals surface area contributed by atoms with E-state index in [1.54, 1.807) is 17.0 Å². The molecule has 3 rings (SSSR count). The molecule has 0 saturated heterocycles. The van der Waals surface area contributed by atoms with Crippen LogP contribution in [0.3, 0.4) is 0 Å². The van der Waals surface area contributed by atoms with Crippen LogP contribution < -0.4 is 4.31 Å². The predicted octanol–water partition coefficient (Wildman–Crippen LogP) is 3.12. The quantitative estimate of drug-likeness (QED) is 0.793. The number of sulfonamides is 1. The smallest absolute Gasteiger partial charge is 0.246 e. The maximum absolute atomic E-state index is 13.3. The third-order valence-electron chi connectivity index (χ3n) is 5.04. The molecule has 0 aromatic heterocycles. The van der Waals surface area contributed by atoms with Crippen molar-refractivity contribution < 1.29 is 13.2 Å². The number of aryl methyl sites for hydroxylation is 1. The van der Waals surface area contributed by atoms with Crippen LogP contribution in [0.1, 0.15) is 30.0 Å². The minimum Gasteiger partial charge on any atom is -0.336 e. The molecule has 0 N–H and O–H groups in total. The van der Waals surface area contributed by atoms with E-state index in [2.05, 4.69) is 6.07 Å². The summed E-state index contributed by atoms with van der Waals surface area (Å²) in [6, 6.07) is 14.6. The topological polar surface area (TPSA) is 57.7 Å². The lowest BCUT2D eigenvalue weighted by atomic mass is 9.99. The first-order valence-electron chi connectivity index (χ1n) is 9.23. The molecular formula is C21H26N2O3S. The standard InChI is InChI=1S/C21H26N2O3S/c1-4-20(23(27(3,25)26)19-11-9-16(2)10-12-19)21(24)22-14-13-17-7-5-6-8-18(17)15-22/h5-12,20H,4,13-15H2,1-3H3/t20-/m0/s1. The average molecular weight is 387 g/mol. The zero-order chi connectivity index (χ0) is 19.6. The van der Waals surface area contributed by atoms with Crippen LogP contribution in [-0.2, 0) is 27.8 Å². The number of hydrogen-bond donors (Lipinski definition) is 0. The molecule has 0 unspecified atom stereocenters. The normalized spacial score (nSPS) is 15.1. The molecule has 2 aromatic rings. The first-order valence-corrected chi connectivity index (χ1v) is 11.1. The number of hydrogen-bond acceptors (Lipinski definition) is 3. The Kier molecular flexibility index (Phi) is 5.56. The molecule has 0 aliphatic carbocycles. The Bertz CT molecular complexity index is 923. The van der Waals surface area contributed by atoms with Crippen LogP contribution in [-0.4, -0.2) is 38.1 Å². The Morgan fingerprint density at radius 1 is 1.11 bits per heavy atom. The van der Waals surface area contributed by atoms with E-state index in [4.69, 9.17) is 0 Å². The Hall–Kier alpha value is -2.34. The largest absolute Gasteiger partial charge is 0.336 e. The summed E-state index contributed by atoms with van der Waals surface area (Å²) in [5.74, 6) is -0.141. The molecule has 1 aliphatic heterocycles. The fourth-order valence-electron chi connectivity index (χ4n) is 3.63. The highest BCUT2D eigenvalue weighted by molar-refractivity contribution is 7.92. The number of nitrogens with zero attached hydrogens (tertiary/aromatic N) is 2. The molecule has 6 heteroatoms. The molecule has 1 aliphatic rings. The van der Waals surface area contributed by atoms with Gasteiger partial charge >= 0.3 is 0 Å². The van der Waals surface area contributed by atoms with Gasteiger partial charge < -0.3 is 4.90 Å². The summed E-state index contributed by atoms with van der Waals surface area (Å²) in [7, 11) is -3.60. The molecule has 2 aromatic carbocycles. The molecule has 1 amide bonds. The van der Waals surface area contributed by atoms with Gasteiger partial charge in [0.2, 0.25) is 15.9 Å². The van der Waals surface area contributed by atoms with Crippen molar-refractivity contribution in [2.45, 2.75) is 39.3 Å². The van der Waals surface area contributed by atoms with Gasteiger partial charge in [-0.1, -0.05) is 48.9 Å². The molecule has 5 nitrogen and oxygen atoms in total. The van der Waals surface area contributed by atoms with E-state index in [1.807, 2.05) is 44.2 Å². The van der Waals surface area contributed by atoms with E-state index < -0.39 is 16.1 Å². The molecule has 0 spiro atoms. The Balaban J connectivity index is 1.91. The van der Waals surface area contributed by atoms with Crippen LogP contribution in [0.25, 0.3) is 0 Å². The summed E-state index contributed by atoms with van der Waals surface area (Å²) in [6.07, 6.45) is 2.37. The number of rotatable bonds is 5. The van der Waals surface area contributed by atoms with Gasteiger partial charge in [0.1, 0.15) is 6.04 Å². The predicted molar refractivity (Wildman–Crippen MR) is 108 cm³/mol. The molecule has 0 saturated carbocycles. The van der Waals surface area contributed by atoms with E-state index in [-0.39, 0.29) is 5.91 Å². The van der Waals surface area contributed by atoms with Crippen LogP contribution in [0, 0.1) is 6.92 Å². The maximum Gasteiger partial charge on any atom is 0.246 e. The van der Waals surface area contributed by atoms with Crippen molar-refractivity contribution in [2.24, 2.45) is 0 Å². The lowest BCUT2D eigenvalue weighted by Crippen LogP contribution is -2.51. The van der Waals surface area contributed by atoms with Crippen molar-refractivity contribution in [1.82, 2.24) is 4.90 Å². The highest BCUT2D eigenvalue weighted by Gasteiger charge is 2.35. The van der Waals surface area contributed by atoms with Gasteiger partial charge in [-0.3, -0.25) is 9.10 Å². The molecular weight excluding hydrogens is 360 g/mol. The minimum absolute atomic E-state index is 0.141. The van der Waals surface area contributed by atoms with E-state index >= 15 is 0 Å². The summed E-state index contributed by atoms with van der Waals surface area (Å²) >= 11 is 0. The third-order valence-corrected chi connectivity index (χ3v) is 6.22. The monoisotopic (exact) mass is 386 g/mol. The van der Waals surface area contributed by atoms with Crippen molar-refractivity contribution in [2.75, 3.05) is 17.1 Å². The summed E-state index contributed by atoms with van der Waals surface area (Å²) in [5.41, 5.74) is 3.96. The van der Waals surface area contributed by atoms with E-state index in [0.717, 1.165) is 23.8 Å². The van der Waals surface area contributed by atoms with Gasteiger partial charge in [-0.25, -0.2) is 8.42 Å². The van der Waals surface area contributed by atoms with E-state index in [9.17, 15) is 13.2 Å². The minimum atomic E-state index is -3.60. The van der Waals surface area contributed by atoms with Gasteiger partial charge in [-0.2, -0.15) is 0 Å². The lowest BCUT2D eigenvalue weighted by Gasteiger charge is -2.36. The average Bonchev–Trinajstić information content (AvgIpc) is 2.65. The Labute approximate surface area is 161 Å². The Morgan fingerprint density at radius 2 is 1.74 bits per heavy atom. The fourth-order valence-corrected chi connectivity index (χ4v) is 4.84. The molecule has 0 radical (unpaired) electrons. The van der Waals surface area contributed by atoms with Crippen molar-refractivity contribution in [1.29, 1.82) is 0 Å².